The molecule has 0 spiro atoms. The van der Waals surface area contributed by atoms with Crippen LogP contribution in [0.4, 0.5) is 17.1 Å². The molecule has 5 rings (SSSR count). The molecule has 0 radical (unpaired) electrons. The minimum atomic E-state index is 0.764. The average Bonchev–Trinajstić information content (AvgIpc) is 3.14. The zero-order valence-corrected chi connectivity index (χ0v) is 32.0. The smallest absolute Gasteiger partial charge is 0.0842 e. The van der Waals surface area contributed by atoms with E-state index in [1.807, 2.05) is 91.1 Å². The average molecular weight is 715 g/mol. The van der Waals surface area contributed by atoms with Crippen LogP contribution in [0.15, 0.2) is 96.4 Å². The van der Waals surface area contributed by atoms with E-state index in [1.165, 1.54) is 22.9 Å². The third kappa shape index (κ3) is 20.6. The van der Waals surface area contributed by atoms with Crippen molar-refractivity contribution >= 4 is 48.1 Å². The van der Waals surface area contributed by atoms with Crippen molar-refractivity contribution in [2.45, 2.75) is 55.4 Å². The number of anilines is 2. The molecule has 1 aromatic carbocycles. The molecule has 5 aromatic rings. The molecule has 12 nitrogen and oxygen atoms in total. The summed E-state index contributed by atoms with van der Waals surface area (Å²) in [4.78, 5) is 20.9. The number of aliphatic imine (C=N–C) groups is 1. The van der Waals surface area contributed by atoms with Gasteiger partial charge in [-0.1, -0.05) is 30.3 Å². The number of allylic oxidation sites excluding steroid dienone is 1. The normalized spacial score (nSPS) is 9.51. The van der Waals surface area contributed by atoms with Crippen LogP contribution in [0.1, 0.15) is 45.3 Å². The Balaban J connectivity index is 0.000000645. The Morgan fingerprint density at radius 2 is 1.08 bits per heavy atom. The topological polar surface area (TPSA) is 237 Å². The maximum atomic E-state index is 6.08. The first kappa shape index (κ1) is 46.3. The SMILES string of the molecule is Cc1cc(C)c(-c2ccccc2)cn1.Cc1cc(C)c(N)cn1.Cc1ccc(N)c(C)n1.Cc1ccc(N=C/C=C\N)c(C)n1.N=CC=N.N=CC=N. The van der Waals surface area contributed by atoms with E-state index in [0.717, 1.165) is 81.6 Å². The van der Waals surface area contributed by atoms with Gasteiger partial charge in [-0.3, -0.25) is 24.9 Å². The number of hydrogen-bond donors (Lipinski definition) is 7. The van der Waals surface area contributed by atoms with Gasteiger partial charge < -0.3 is 38.8 Å². The second-order valence-electron chi connectivity index (χ2n) is 11.2. The molecule has 0 unspecified atom stereocenters. The first-order valence-corrected chi connectivity index (χ1v) is 16.5. The van der Waals surface area contributed by atoms with Crippen LogP contribution in [0.2, 0.25) is 0 Å². The maximum absolute atomic E-state index is 6.08. The molecule has 0 fully saturated rings. The van der Waals surface area contributed by atoms with Crippen molar-refractivity contribution < 1.29 is 0 Å². The molecular weight excluding hydrogens is 661 g/mol. The predicted molar refractivity (Wildman–Crippen MR) is 226 cm³/mol. The highest BCUT2D eigenvalue weighted by molar-refractivity contribution is 6.12. The lowest BCUT2D eigenvalue weighted by atomic mass is 10.0. The number of aromatic nitrogens is 4. The number of nitrogens with one attached hydrogen (secondary N) is 4. The highest BCUT2D eigenvalue weighted by Gasteiger charge is 2.01. The molecule has 0 atom stereocenters. The number of hydrogen-bond acceptors (Lipinski definition) is 12. The summed E-state index contributed by atoms with van der Waals surface area (Å²) in [6.45, 7) is 15.8. The van der Waals surface area contributed by atoms with Gasteiger partial charge in [-0.05, 0) is 121 Å². The van der Waals surface area contributed by atoms with Gasteiger partial charge in [0.05, 0.1) is 34.6 Å². The number of rotatable bonds is 5. The maximum Gasteiger partial charge on any atom is 0.0842 e. The van der Waals surface area contributed by atoms with Crippen LogP contribution in [-0.2, 0) is 0 Å². The quantitative estimate of drug-likeness (QED) is 0.0877. The van der Waals surface area contributed by atoms with Crippen molar-refractivity contribution in [1.29, 1.82) is 21.6 Å². The fourth-order valence-electron chi connectivity index (χ4n) is 4.01. The molecule has 0 aliphatic heterocycles. The molecule has 0 bridgehead atoms. The standard InChI is InChI=1S/C13H13N.C10H13N3.2C7H10N2.2C2H4N2/c1-10-8-11(2)14-9-13(10)12-6-4-3-5-7-12;1-8-4-5-10(9(2)13-8)12-7-3-6-11;1-5-3-6(2)9-4-7(5)8;1-5-3-4-7(8)6(2)9-5;2*3-1-2-4/h3-9H,1-2H3;3-7H,11H2,1-2H3;2*3-4H,8H2,1-2H3;2*1-4H/b;6-3-,12-7?;;;;. The van der Waals surface area contributed by atoms with Gasteiger partial charge in [0.1, 0.15) is 0 Å². The van der Waals surface area contributed by atoms with E-state index >= 15 is 0 Å². The molecule has 0 aliphatic rings. The van der Waals surface area contributed by atoms with Crippen molar-refractivity contribution in [3.05, 3.63) is 137 Å². The monoisotopic (exact) mass is 714 g/mol. The van der Waals surface area contributed by atoms with Crippen molar-refractivity contribution in [3.63, 3.8) is 0 Å². The number of aryl methyl sites for hydroxylation is 8. The third-order valence-electron chi connectivity index (χ3n) is 6.66. The first-order chi connectivity index (χ1) is 25.2. The van der Waals surface area contributed by atoms with Crippen molar-refractivity contribution in [2.24, 2.45) is 10.7 Å². The second-order valence-corrected chi connectivity index (χ2v) is 11.2. The number of pyridine rings is 4. The summed E-state index contributed by atoms with van der Waals surface area (Å²) in [6, 6.07) is 22.1. The summed E-state index contributed by atoms with van der Waals surface area (Å²) in [5.41, 5.74) is 29.4. The van der Waals surface area contributed by atoms with E-state index < -0.39 is 0 Å². The lowest BCUT2D eigenvalue weighted by Gasteiger charge is -2.05. The summed E-state index contributed by atoms with van der Waals surface area (Å²) in [5, 5.41) is 24.3. The van der Waals surface area contributed by atoms with Crippen LogP contribution >= 0.6 is 0 Å². The Hall–Kier alpha value is -6.69. The van der Waals surface area contributed by atoms with Gasteiger partial charge in [0.2, 0.25) is 0 Å². The van der Waals surface area contributed by atoms with E-state index in [9.17, 15) is 0 Å². The summed E-state index contributed by atoms with van der Waals surface area (Å²) >= 11 is 0. The molecule has 10 N–H and O–H groups in total. The minimum Gasteiger partial charge on any atom is -0.405 e. The van der Waals surface area contributed by atoms with Crippen molar-refractivity contribution in [3.8, 4) is 11.1 Å². The van der Waals surface area contributed by atoms with Gasteiger partial charge in [-0.2, -0.15) is 0 Å². The van der Waals surface area contributed by atoms with E-state index in [-0.39, 0.29) is 0 Å². The van der Waals surface area contributed by atoms with Crippen LogP contribution in [0.25, 0.3) is 11.1 Å². The Bertz CT molecular complexity index is 1840. The molecule has 53 heavy (non-hydrogen) atoms. The lowest BCUT2D eigenvalue weighted by Crippen LogP contribution is -1.93. The number of nitrogens with zero attached hydrogens (tertiary/aromatic N) is 5. The van der Waals surface area contributed by atoms with Gasteiger partial charge in [0.25, 0.3) is 0 Å². The number of benzene rings is 1. The Morgan fingerprint density at radius 1 is 0.566 bits per heavy atom. The van der Waals surface area contributed by atoms with E-state index in [1.54, 1.807) is 18.5 Å². The third-order valence-corrected chi connectivity index (χ3v) is 6.66. The summed E-state index contributed by atoms with van der Waals surface area (Å²) in [5.74, 6) is 0. The van der Waals surface area contributed by atoms with Gasteiger partial charge in [-0.25, -0.2) is 0 Å². The summed E-state index contributed by atoms with van der Waals surface area (Å²) in [6.07, 6.45) is 12.1. The van der Waals surface area contributed by atoms with E-state index in [0.29, 0.717) is 0 Å². The van der Waals surface area contributed by atoms with Crippen LogP contribution in [-0.4, -0.2) is 51.0 Å². The molecule has 12 heteroatoms. The van der Waals surface area contributed by atoms with Crippen molar-refractivity contribution in [1.82, 2.24) is 19.9 Å². The van der Waals surface area contributed by atoms with Crippen LogP contribution in [0, 0.1) is 77.0 Å². The van der Waals surface area contributed by atoms with Crippen molar-refractivity contribution in [2.75, 3.05) is 11.5 Å². The van der Waals surface area contributed by atoms with Crippen LogP contribution in [0.5, 0.6) is 0 Å². The second kappa shape index (κ2) is 27.1. The van der Waals surface area contributed by atoms with Gasteiger partial charge >= 0.3 is 0 Å². The highest BCUT2D eigenvalue weighted by atomic mass is 14.8. The van der Waals surface area contributed by atoms with Gasteiger partial charge in [0.15, 0.2) is 0 Å². The highest BCUT2D eigenvalue weighted by Crippen LogP contribution is 2.22. The summed E-state index contributed by atoms with van der Waals surface area (Å²) < 4.78 is 0. The predicted octanol–water partition coefficient (Wildman–Crippen LogP) is 8.37. The fourth-order valence-corrected chi connectivity index (χ4v) is 4.01. The Morgan fingerprint density at radius 3 is 1.51 bits per heavy atom. The summed E-state index contributed by atoms with van der Waals surface area (Å²) in [7, 11) is 0. The van der Waals surface area contributed by atoms with Crippen LogP contribution < -0.4 is 17.2 Å². The molecule has 4 aromatic heterocycles. The first-order valence-electron chi connectivity index (χ1n) is 16.5. The Kier molecular flexibility index (Phi) is 23.7. The molecule has 0 saturated carbocycles. The van der Waals surface area contributed by atoms with Gasteiger partial charge in [-0.15, -0.1) is 0 Å². The molecular formula is C41H54N12. The zero-order valence-electron chi connectivity index (χ0n) is 32.0. The number of nitrogens with two attached hydrogens (primary N) is 3. The molecule has 0 aliphatic carbocycles. The number of nitrogen functional groups attached to an aromatic ring is 2. The molecule has 278 valence electrons. The lowest BCUT2D eigenvalue weighted by molar-refractivity contribution is 1.12. The van der Waals surface area contributed by atoms with E-state index in [2.05, 4.69) is 62.2 Å². The minimum absolute atomic E-state index is 0.764. The Labute approximate surface area is 314 Å². The van der Waals surface area contributed by atoms with E-state index in [4.69, 9.17) is 38.8 Å². The molecule has 0 amide bonds. The van der Waals surface area contributed by atoms with Gasteiger partial charge in [0, 0.05) is 65.6 Å². The fraction of sp³-hybridized carbons (Fsp3) is 0.195. The van der Waals surface area contributed by atoms with Crippen LogP contribution in [0.3, 0.4) is 0 Å². The zero-order chi connectivity index (χ0) is 40.2. The molecule has 0 saturated heterocycles. The largest absolute Gasteiger partial charge is 0.405 e. The molecule has 4 heterocycles.